The van der Waals surface area contributed by atoms with Crippen LogP contribution in [0.1, 0.15) is 15.9 Å². The van der Waals surface area contributed by atoms with Crippen molar-refractivity contribution >= 4 is 17.3 Å². The summed E-state index contributed by atoms with van der Waals surface area (Å²) in [6.07, 6.45) is 3.12. The first-order valence-electron chi connectivity index (χ1n) is 8.03. The minimum atomic E-state index is -0.285. The summed E-state index contributed by atoms with van der Waals surface area (Å²) in [5.41, 5.74) is 2.63. The van der Waals surface area contributed by atoms with Gasteiger partial charge in [-0.2, -0.15) is 0 Å². The van der Waals surface area contributed by atoms with E-state index in [0.717, 1.165) is 5.56 Å². The SMILES string of the molecule is COc1ccccc1NC(=O)c1cncc(NCc2ccc(F)cc2)c1. The molecule has 1 amide bonds. The van der Waals surface area contributed by atoms with E-state index in [1.54, 1.807) is 43.6 Å². The van der Waals surface area contributed by atoms with Gasteiger partial charge in [0.1, 0.15) is 11.6 Å². The molecule has 3 aromatic rings. The minimum Gasteiger partial charge on any atom is -0.495 e. The third-order valence-corrected chi connectivity index (χ3v) is 3.77. The fourth-order valence-corrected chi connectivity index (χ4v) is 2.41. The summed E-state index contributed by atoms with van der Waals surface area (Å²) < 4.78 is 18.2. The largest absolute Gasteiger partial charge is 0.495 e. The Balaban J connectivity index is 1.68. The Morgan fingerprint density at radius 2 is 1.88 bits per heavy atom. The summed E-state index contributed by atoms with van der Waals surface area (Å²) in [6.45, 7) is 0.500. The van der Waals surface area contributed by atoms with Crippen LogP contribution in [-0.2, 0) is 6.54 Å². The van der Waals surface area contributed by atoms with Crippen molar-refractivity contribution in [1.82, 2.24) is 4.98 Å². The number of hydrogen-bond acceptors (Lipinski definition) is 4. The zero-order chi connectivity index (χ0) is 18.4. The standard InChI is InChI=1S/C20H18FN3O2/c1-26-19-5-3-2-4-18(19)24-20(25)15-10-17(13-22-12-15)23-11-14-6-8-16(21)9-7-14/h2-10,12-13,23H,11H2,1H3,(H,24,25). The summed E-state index contributed by atoms with van der Waals surface area (Å²) in [5.74, 6) is 0.0252. The molecule has 26 heavy (non-hydrogen) atoms. The smallest absolute Gasteiger partial charge is 0.257 e. The molecule has 0 unspecified atom stereocenters. The average Bonchev–Trinajstić information content (AvgIpc) is 2.68. The summed E-state index contributed by atoms with van der Waals surface area (Å²) in [6, 6.07) is 15.1. The Morgan fingerprint density at radius 1 is 1.12 bits per heavy atom. The quantitative estimate of drug-likeness (QED) is 0.702. The number of hydrogen-bond donors (Lipinski definition) is 2. The van der Waals surface area contributed by atoms with Crippen molar-refractivity contribution in [2.75, 3.05) is 17.7 Å². The van der Waals surface area contributed by atoms with Gasteiger partial charge in [0.25, 0.3) is 5.91 Å². The molecule has 3 rings (SSSR count). The van der Waals surface area contributed by atoms with Gasteiger partial charge in [0.2, 0.25) is 0 Å². The number of rotatable bonds is 6. The number of methoxy groups -OCH3 is 1. The fourth-order valence-electron chi connectivity index (χ4n) is 2.41. The highest BCUT2D eigenvalue weighted by Crippen LogP contribution is 2.24. The highest BCUT2D eigenvalue weighted by Gasteiger charge is 2.10. The number of carbonyl (C=O) groups excluding carboxylic acids is 1. The Kier molecular flexibility index (Phi) is 5.43. The molecule has 0 spiro atoms. The highest BCUT2D eigenvalue weighted by molar-refractivity contribution is 6.05. The Bertz CT molecular complexity index is 898. The van der Waals surface area contributed by atoms with E-state index < -0.39 is 0 Å². The molecule has 0 radical (unpaired) electrons. The fraction of sp³-hybridized carbons (Fsp3) is 0.100. The van der Waals surface area contributed by atoms with Gasteiger partial charge in [-0.1, -0.05) is 24.3 Å². The van der Waals surface area contributed by atoms with E-state index in [2.05, 4.69) is 15.6 Å². The van der Waals surface area contributed by atoms with E-state index in [0.29, 0.717) is 29.2 Å². The van der Waals surface area contributed by atoms with Crippen molar-refractivity contribution in [2.24, 2.45) is 0 Å². The lowest BCUT2D eigenvalue weighted by molar-refractivity contribution is 0.102. The molecular formula is C20H18FN3O2. The molecule has 0 atom stereocenters. The van der Waals surface area contributed by atoms with E-state index in [-0.39, 0.29) is 11.7 Å². The van der Waals surface area contributed by atoms with Gasteiger partial charge in [-0.05, 0) is 35.9 Å². The molecule has 6 heteroatoms. The average molecular weight is 351 g/mol. The zero-order valence-corrected chi connectivity index (χ0v) is 14.2. The normalized spacial score (nSPS) is 10.2. The first-order valence-corrected chi connectivity index (χ1v) is 8.03. The maximum absolute atomic E-state index is 12.9. The molecule has 2 N–H and O–H groups in total. The lowest BCUT2D eigenvalue weighted by Gasteiger charge is -2.11. The lowest BCUT2D eigenvalue weighted by atomic mass is 10.2. The topological polar surface area (TPSA) is 63.2 Å². The molecule has 0 saturated carbocycles. The first kappa shape index (κ1) is 17.4. The number of nitrogens with zero attached hydrogens (tertiary/aromatic N) is 1. The van der Waals surface area contributed by atoms with Crippen molar-refractivity contribution < 1.29 is 13.9 Å². The number of ether oxygens (including phenoxy) is 1. The van der Waals surface area contributed by atoms with Gasteiger partial charge in [-0.3, -0.25) is 9.78 Å². The van der Waals surface area contributed by atoms with Crippen LogP contribution in [0.3, 0.4) is 0 Å². The van der Waals surface area contributed by atoms with Gasteiger partial charge in [-0.15, -0.1) is 0 Å². The molecule has 0 saturated heterocycles. The van der Waals surface area contributed by atoms with Gasteiger partial charge in [-0.25, -0.2) is 4.39 Å². The van der Waals surface area contributed by atoms with Crippen LogP contribution < -0.4 is 15.4 Å². The van der Waals surface area contributed by atoms with Crippen LogP contribution >= 0.6 is 0 Å². The summed E-state index contributed by atoms with van der Waals surface area (Å²) in [5, 5.41) is 5.98. The van der Waals surface area contributed by atoms with E-state index >= 15 is 0 Å². The zero-order valence-electron chi connectivity index (χ0n) is 14.2. The van der Waals surface area contributed by atoms with Crippen LogP contribution in [-0.4, -0.2) is 18.0 Å². The summed E-state index contributed by atoms with van der Waals surface area (Å²) in [4.78, 5) is 16.6. The first-order chi connectivity index (χ1) is 12.7. The van der Waals surface area contributed by atoms with Crippen LogP contribution in [0.15, 0.2) is 67.0 Å². The lowest BCUT2D eigenvalue weighted by Crippen LogP contribution is -2.13. The number of carbonyl (C=O) groups is 1. The molecule has 0 bridgehead atoms. The molecule has 0 fully saturated rings. The second-order valence-corrected chi connectivity index (χ2v) is 5.60. The number of aromatic nitrogens is 1. The number of pyridine rings is 1. The third-order valence-electron chi connectivity index (χ3n) is 3.77. The summed E-state index contributed by atoms with van der Waals surface area (Å²) in [7, 11) is 1.55. The highest BCUT2D eigenvalue weighted by atomic mass is 19.1. The Morgan fingerprint density at radius 3 is 2.65 bits per heavy atom. The maximum atomic E-state index is 12.9. The molecule has 1 heterocycles. The number of anilines is 2. The number of benzene rings is 2. The summed E-state index contributed by atoms with van der Waals surface area (Å²) >= 11 is 0. The maximum Gasteiger partial charge on any atom is 0.257 e. The molecule has 132 valence electrons. The van der Waals surface area contributed by atoms with E-state index in [1.165, 1.54) is 18.3 Å². The van der Waals surface area contributed by atoms with Crippen molar-refractivity contribution in [3.8, 4) is 5.75 Å². The molecule has 2 aromatic carbocycles. The monoisotopic (exact) mass is 351 g/mol. The molecule has 0 aliphatic rings. The van der Waals surface area contributed by atoms with Gasteiger partial charge in [0, 0.05) is 18.9 Å². The number of amides is 1. The van der Waals surface area contributed by atoms with Crippen LogP contribution in [0.5, 0.6) is 5.75 Å². The minimum absolute atomic E-state index is 0.273. The van der Waals surface area contributed by atoms with Crippen molar-refractivity contribution in [2.45, 2.75) is 6.54 Å². The number of nitrogens with one attached hydrogen (secondary N) is 2. The third kappa shape index (κ3) is 4.36. The van der Waals surface area contributed by atoms with Gasteiger partial charge >= 0.3 is 0 Å². The van der Waals surface area contributed by atoms with Gasteiger partial charge in [0.15, 0.2) is 0 Å². The number of para-hydroxylation sites is 2. The van der Waals surface area contributed by atoms with E-state index in [9.17, 15) is 9.18 Å². The van der Waals surface area contributed by atoms with E-state index in [4.69, 9.17) is 4.74 Å². The van der Waals surface area contributed by atoms with Crippen molar-refractivity contribution in [3.05, 3.63) is 83.9 Å². The van der Waals surface area contributed by atoms with Gasteiger partial charge < -0.3 is 15.4 Å². The van der Waals surface area contributed by atoms with Crippen LogP contribution in [0.25, 0.3) is 0 Å². The molecular weight excluding hydrogens is 333 g/mol. The number of halogens is 1. The predicted molar refractivity (Wildman–Crippen MR) is 98.9 cm³/mol. The second-order valence-electron chi connectivity index (χ2n) is 5.60. The van der Waals surface area contributed by atoms with E-state index in [1.807, 2.05) is 12.1 Å². The van der Waals surface area contributed by atoms with Crippen LogP contribution in [0, 0.1) is 5.82 Å². The second kappa shape index (κ2) is 8.11. The molecule has 5 nitrogen and oxygen atoms in total. The molecule has 0 aliphatic carbocycles. The van der Waals surface area contributed by atoms with Gasteiger partial charge in [0.05, 0.1) is 24.0 Å². The van der Waals surface area contributed by atoms with Crippen molar-refractivity contribution in [1.29, 1.82) is 0 Å². The molecule has 0 aliphatic heterocycles. The Labute approximate surface area is 150 Å². The predicted octanol–water partition coefficient (Wildman–Crippen LogP) is 4.09. The van der Waals surface area contributed by atoms with Crippen LogP contribution in [0.4, 0.5) is 15.8 Å². The van der Waals surface area contributed by atoms with Crippen molar-refractivity contribution in [3.63, 3.8) is 0 Å². The molecule has 1 aromatic heterocycles. The Hall–Kier alpha value is -3.41. The van der Waals surface area contributed by atoms with Crippen LogP contribution in [0.2, 0.25) is 0 Å².